The fraction of sp³-hybridized carbons (Fsp3) is 0.455. The number of aliphatic hydroxyl groups is 1. The number of rotatable bonds is 2. The fourth-order valence-corrected chi connectivity index (χ4v) is 2.22. The third-order valence-electron chi connectivity index (χ3n) is 2.73. The molecular weight excluding hydrogens is 198 g/mol. The Morgan fingerprint density at radius 1 is 1.50 bits per heavy atom. The minimum atomic E-state index is 0.244. The molecule has 0 radical (unpaired) electrons. The van der Waals surface area contributed by atoms with Crippen molar-refractivity contribution >= 4 is 11.6 Å². The molecule has 0 unspecified atom stereocenters. The maximum Gasteiger partial charge on any atom is 0.0437 e. The number of hydrogen-bond donors (Lipinski definition) is 2. The summed E-state index contributed by atoms with van der Waals surface area (Å²) in [6, 6.07) is 6.02. The molecule has 1 atom stereocenters. The normalized spacial score (nSPS) is 20.6. The van der Waals surface area contributed by atoms with Gasteiger partial charge in [-0.15, -0.1) is 0 Å². The first-order valence-corrected chi connectivity index (χ1v) is 5.29. The van der Waals surface area contributed by atoms with E-state index in [2.05, 4.69) is 11.4 Å². The second kappa shape index (κ2) is 4.30. The summed E-state index contributed by atoms with van der Waals surface area (Å²) in [7, 11) is 0. The van der Waals surface area contributed by atoms with Crippen LogP contribution in [0.2, 0.25) is 5.02 Å². The van der Waals surface area contributed by atoms with Crippen molar-refractivity contribution < 1.29 is 5.11 Å². The molecule has 0 saturated carbocycles. The van der Waals surface area contributed by atoms with Crippen molar-refractivity contribution in [1.29, 1.82) is 0 Å². The van der Waals surface area contributed by atoms with Crippen molar-refractivity contribution in [3.8, 4) is 0 Å². The maximum atomic E-state index is 8.94. The molecule has 0 aliphatic carbocycles. The van der Waals surface area contributed by atoms with Crippen LogP contribution in [0.4, 0.5) is 0 Å². The predicted octanol–water partition coefficient (Wildman–Crippen LogP) is 1.91. The molecule has 1 heterocycles. The van der Waals surface area contributed by atoms with Crippen LogP contribution in [0.3, 0.4) is 0 Å². The van der Waals surface area contributed by atoms with Crippen molar-refractivity contribution in [3.05, 3.63) is 34.3 Å². The summed E-state index contributed by atoms with van der Waals surface area (Å²) < 4.78 is 0. The van der Waals surface area contributed by atoms with Crippen LogP contribution in [0.1, 0.15) is 23.5 Å². The number of benzene rings is 1. The van der Waals surface area contributed by atoms with E-state index < -0.39 is 0 Å². The highest BCUT2D eigenvalue weighted by Crippen LogP contribution is 2.28. The molecule has 2 N–H and O–H groups in total. The largest absolute Gasteiger partial charge is 0.396 e. The van der Waals surface area contributed by atoms with Gasteiger partial charge in [-0.05, 0) is 35.6 Å². The van der Waals surface area contributed by atoms with Gasteiger partial charge in [0.25, 0.3) is 0 Å². The Balaban J connectivity index is 2.30. The average molecular weight is 212 g/mol. The van der Waals surface area contributed by atoms with Gasteiger partial charge in [0.1, 0.15) is 0 Å². The third kappa shape index (κ3) is 1.92. The van der Waals surface area contributed by atoms with Crippen LogP contribution in [-0.4, -0.2) is 18.3 Å². The fourth-order valence-electron chi connectivity index (χ4n) is 2.03. The summed E-state index contributed by atoms with van der Waals surface area (Å²) in [5, 5.41) is 13.1. The summed E-state index contributed by atoms with van der Waals surface area (Å²) in [6.07, 6.45) is 0.821. The highest BCUT2D eigenvalue weighted by molar-refractivity contribution is 6.30. The summed E-state index contributed by atoms with van der Waals surface area (Å²) >= 11 is 5.92. The van der Waals surface area contributed by atoms with E-state index in [-0.39, 0.29) is 6.61 Å². The van der Waals surface area contributed by atoms with Crippen LogP contribution in [0.5, 0.6) is 0 Å². The SMILES string of the molecule is OCC[C@@H]1CNCc2cc(Cl)ccc21. The van der Waals surface area contributed by atoms with E-state index in [0.29, 0.717) is 5.92 Å². The Bertz CT molecular complexity index is 327. The molecule has 1 aliphatic heterocycles. The van der Waals surface area contributed by atoms with E-state index in [9.17, 15) is 0 Å². The van der Waals surface area contributed by atoms with E-state index >= 15 is 0 Å². The maximum absolute atomic E-state index is 8.94. The average Bonchev–Trinajstić information content (AvgIpc) is 2.18. The number of nitrogens with one attached hydrogen (secondary N) is 1. The topological polar surface area (TPSA) is 32.3 Å². The van der Waals surface area contributed by atoms with Crippen molar-refractivity contribution in [1.82, 2.24) is 5.32 Å². The Morgan fingerprint density at radius 2 is 2.36 bits per heavy atom. The van der Waals surface area contributed by atoms with E-state index in [1.165, 1.54) is 11.1 Å². The molecule has 0 amide bonds. The molecule has 2 nitrogen and oxygen atoms in total. The molecule has 76 valence electrons. The Kier molecular flexibility index (Phi) is 3.06. The Hall–Kier alpha value is -0.570. The van der Waals surface area contributed by atoms with Gasteiger partial charge in [-0.3, -0.25) is 0 Å². The minimum Gasteiger partial charge on any atom is -0.396 e. The number of halogens is 1. The number of aliphatic hydroxyl groups excluding tert-OH is 1. The second-order valence-corrected chi connectivity index (χ2v) is 4.12. The van der Waals surface area contributed by atoms with Crippen molar-refractivity contribution in [3.63, 3.8) is 0 Å². The van der Waals surface area contributed by atoms with E-state index in [4.69, 9.17) is 16.7 Å². The molecular formula is C11H14ClNO. The van der Waals surface area contributed by atoms with Crippen LogP contribution in [-0.2, 0) is 6.54 Å². The van der Waals surface area contributed by atoms with Gasteiger partial charge < -0.3 is 10.4 Å². The molecule has 0 spiro atoms. The molecule has 0 saturated heterocycles. The monoisotopic (exact) mass is 211 g/mol. The molecule has 1 aromatic carbocycles. The molecule has 0 fully saturated rings. The van der Waals surface area contributed by atoms with Crippen molar-refractivity contribution in [2.75, 3.05) is 13.2 Å². The lowest BCUT2D eigenvalue weighted by Gasteiger charge is -2.26. The smallest absolute Gasteiger partial charge is 0.0437 e. The molecule has 2 rings (SSSR count). The van der Waals surface area contributed by atoms with E-state index in [1.807, 2.05) is 12.1 Å². The van der Waals surface area contributed by atoms with Crippen molar-refractivity contribution in [2.45, 2.75) is 18.9 Å². The second-order valence-electron chi connectivity index (χ2n) is 3.68. The predicted molar refractivity (Wildman–Crippen MR) is 57.6 cm³/mol. The van der Waals surface area contributed by atoms with E-state index in [1.54, 1.807) is 0 Å². The molecule has 0 aromatic heterocycles. The zero-order valence-electron chi connectivity index (χ0n) is 7.96. The number of hydrogen-bond acceptors (Lipinski definition) is 2. The highest BCUT2D eigenvalue weighted by atomic mass is 35.5. The van der Waals surface area contributed by atoms with Gasteiger partial charge in [-0.2, -0.15) is 0 Å². The standard InChI is InChI=1S/C11H14ClNO/c12-10-1-2-11-8(3-4-14)6-13-7-9(11)5-10/h1-2,5,8,13-14H,3-4,6-7H2/t8-/m1/s1. The summed E-state index contributed by atoms with van der Waals surface area (Å²) in [6.45, 7) is 2.08. The quantitative estimate of drug-likeness (QED) is 0.784. The zero-order chi connectivity index (χ0) is 9.97. The van der Waals surface area contributed by atoms with Gasteiger partial charge in [0.2, 0.25) is 0 Å². The molecule has 0 bridgehead atoms. The first kappa shape index (κ1) is 9.97. The van der Waals surface area contributed by atoms with Gasteiger partial charge >= 0.3 is 0 Å². The summed E-state index contributed by atoms with van der Waals surface area (Å²) in [5.41, 5.74) is 2.60. The molecule has 1 aliphatic rings. The zero-order valence-corrected chi connectivity index (χ0v) is 8.72. The minimum absolute atomic E-state index is 0.244. The molecule has 14 heavy (non-hydrogen) atoms. The lowest BCUT2D eigenvalue weighted by Crippen LogP contribution is -2.28. The van der Waals surface area contributed by atoms with Crippen LogP contribution in [0.25, 0.3) is 0 Å². The van der Waals surface area contributed by atoms with Crippen LogP contribution in [0, 0.1) is 0 Å². The lowest BCUT2D eigenvalue weighted by atomic mass is 9.89. The van der Waals surface area contributed by atoms with Gasteiger partial charge in [-0.1, -0.05) is 17.7 Å². The lowest BCUT2D eigenvalue weighted by molar-refractivity contribution is 0.271. The first-order valence-electron chi connectivity index (χ1n) is 4.91. The van der Waals surface area contributed by atoms with Gasteiger partial charge in [-0.25, -0.2) is 0 Å². The summed E-state index contributed by atoms with van der Waals surface area (Å²) in [4.78, 5) is 0. The molecule has 1 aromatic rings. The summed E-state index contributed by atoms with van der Waals surface area (Å²) in [5.74, 6) is 0.431. The first-order chi connectivity index (χ1) is 6.81. The molecule has 3 heteroatoms. The highest BCUT2D eigenvalue weighted by Gasteiger charge is 2.19. The van der Waals surface area contributed by atoms with Crippen molar-refractivity contribution in [2.24, 2.45) is 0 Å². The third-order valence-corrected chi connectivity index (χ3v) is 2.96. The Morgan fingerprint density at radius 3 is 3.14 bits per heavy atom. The van der Waals surface area contributed by atoms with Crippen LogP contribution < -0.4 is 5.32 Å². The van der Waals surface area contributed by atoms with Gasteiger partial charge in [0.05, 0.1) is 0 Å². The van der Waals surface area contributed by atoms with Crippen LogP contribution in [0.15, 0.2) is 18.2 Å². The van der Waals surface area contributed by atoms with Gasteiger partial charge in [0, 0.05) is 24.7 Å². The van der Waals surface area contributed by atoms with Gasteiger partial charge in [0.15, 0.2) is 0 Å². The Labute approximate surface area is 88.9 Å². The van der Waals surface area contributed by atoms with Crippen LogP contribution >= 0.6 is 11.6 Å². The van der Waals surface area contributed by atoms with E-state index in [0.717, 1.165) is 24.5 Å². The number of fused-ring (bicyclic) bond motifs is 1.